The molecule has 0 saturated carbocycles. The fourth-order valence-electron chi connectivity index (χ4n) is 6.68. The average Bonchev–Trinajstić information content (AvgIpc) is 3.13. The largest absolute Gasteiger partial charge is 0.507 e. The van der Waals surface area contributed by atoms with E-state index >= 15 is 0 Å². The quantitative estimate of drug-likeness (QED) is 0.0721. The van der Waals surface area contributed by atoms with Crippen LogP contribution in [0.5, 0.6) is 11.5 Å². The highest BCUT2D eigenvalue weighted by atomic mass is 79.9. The molecule has 312 valence electrons. The number of benzene rings is 1. The summed E-state index contributed by atoms with van der Waals surface area (Å²) in [6.07, 6.45) is 40.2. The Labute approximate surface area is 354 Å². The Balaban J connectivity index is 2.30. The van der Waals surface area contributed by atoms with Crippen molar-refractivity contribution in [1.82, 2.24) is 0 Å². The Hall–Kier alpha value is -3.04. The summed E-state index contributed by atoms with van der Waals surface area (Å²) in [6, 6.07) is 0. The van der Waals surface area contributed by atoms with Gasteiger partial charge in [0.1, 0.15) is 11.5 Å². The van der Waals surface area contributed by atoms with Crippen LogP contribution in [0.2, 0.25) is 0 Å². The number of hydrogen-bond acceptors (Lipinski definition) is 2. The number of allylic oxidation sites excluding steroid dienone is 18. The van der Waals surface area contributed by atoms with Crippen LogP contribution in [-0.2, 0) is 6.42 Å². The molecule has 0 amide bonds. The summed E-state index contributed by atoms with van der Waals surface area (Å²) in [4.78, 5) is 0. The molecule has 0 saturated heterocycles. The van der Waals surface area contributed by atoms with E-state index in [1.165, 1.54) is 69.4 Å². The molecule has 1 aromatic carbocycles. The molecule has 0 aliphatic rings. The third-order valence-corrected chi connectivity index (χ3v) is 11.9. The highest BCUT2D eigenvalue weighted by Crippen LogP contribution is 2.40. The summed E-state index contributed by atoms with van der Waals surface area (Å²) in [6.45, 7) is 26.1. The number of halogens is 1. The number of aromatic hydroxyl groups is 2. The van der Waals surface area contributed by atoms with Crippen LogP contribution in [-0.4, -0.2) is 10.2 Å². The maximum absolute atomic E-state index is 10.6. The van der Waals surface area contributed by atoms with Gasteiger partial charge in [-0.1, -0.05) is 105 Å². The van der Waals surface area contributed by atoms with E-state index in [4.69, 9.17) is 0 Å². The van der Waals surface area contributed by atoms with Gasteiger partial charge in [0, 0.05) is 5.56 Å². The van der Waals surface area contributed by atoms with Gasteiger partial charge in [-0.3, -0.25) is 0 Å². The van der Waals surface area contributed by atoms with E-state index in [1.807, 2.05) is 13.8 Å². The Bertz CT molecular complexity index is 1610. The summed E-state index contributed by atoms with van der Waals surface area (Å²) >= 11 is 3.47. The fraction of sp³-hybridized carbons (Fsp3) is 0.547. The summed E-state index contributed by atoms with van der Waals surface area (Å²) < 4.78 is 0.594. The van der Waals surface area contributed by atoms with Crippen LogP contribution in [0.3, 0.4) is 0 Å². The van der Waals surface area contributed by atoms with Crippen LogP contribution in [0.15, 0.2) is 109 Å². The molecule has 56 heavy (non-hydrogen) atoms. The minimum atomic E-state index is 0.218. The lowest BCUT2D eigenvalue weighted by atomic mass is 9.99. The van der Waals surface area contributed by atoms with Gasteiger partial charge < -0.3 is 10.2 Å². The number of hydrogen-bond donors (Lipinski definition) is 2. The van der Waals surface area contributed by atoms with Gasteiger partial charge in [-0.05, 0) is 219 Å². The second kappa shape index (κ2) is 29.2. The Morgan fingerprint density at radius 1 is 0.375 bits per heavy atom. The van der Waals surface area contributed by atoms with Crippen LogP contribution >= 0.6 is 15.9 Å². The summed E-state index contributed by atoms with van der Waals surface area (Å²) in [5.74, 6) is 0.486. The molecular weight excluding hydrogens is 748 g/mol. The molecule has 3 heteroatoms. The monoisotopic (exact) mass is 829 g/mol. The van der Waals surface area contributed by atoms with E-state index in [2.05, 4.69) is 140 Å². The maximum atomic E-state index is 10.6. The predicted molar refractivity (Wildman–Crippen MR) is 254 cm³/mol. The van der Waals surface area contributed by atoms with Crippen molar-refractivity contribution in [2.75, 3.05) is 0 Å². The lowest BCUT2D eigenvalue weighted by Crippen LogP contribution is -1.94. The number of phenols is 2. The van der Waals surface area contributed by atoms with Crippen LogP contribution in [0.4, 0.5) is 0 Å². The highest BCUT2D eigenvalue weighted by molar-refractivity contribution is 9.10. The van der Waals surface area contributed by atoms with Gasteiger partial charge in [0.2, 0.25) is 0 Å². The molecule has 1 rings (SSSR count). The van der Waals surface area contributed by atoms with E-state index < -0.39 is 0 Å². The fourth-order valence-corrected chi connectivity index (χ4v) is 7.33. The van der Waals surface area contributed by atoms with Gasteiger partial charge in [-0.25, -0.2) is 0 Å². The van der Waals surface area contributed by atoms with Gasteiger partial charge in [-0.15, -0.1) is 0 Å². The topological polar surface area (TPSA) is 40.5 Å². The molecule has 0 fully saturated rings. The molecule has 2 nitrogen and oxygen atoms in total. The number of phenolic OH excluding ortho intramolecular Hbond substituents is 2. The first kappa shape index (κ1) is 51.0. The van der Waals surface area contributed by atoms with Gasteiger partial charge in [0.15, 0.2) is 0 Å². The first-order valence-electron chi connectivity index (χ1n) is 21.6. The molecule has 0 aromatic heterocycles. The van der Waals surface area contributed by atoms with Crippen molar-refractivity contribution in [1.29, 1.82) is 0 Å². The first-order chi connectivity index (χ1) is 26.5. The van der Waals surface area contributed by atoms with Crippen molar-refractivity contribution >= 4 is 15.9 Å². The zero-order chi connectivity index (χ0) is 42.0. The Morgan fingerprint density at radius 2 is 0.607 bits per heavy atom. The third kappa shape index (κ3) is 23.3. The van der Waals surface area contributed by atoms with Crippen molar-refractivity contribution in [3.8, 4) is 11.5 Å². The van der Waals surface area contributed by atoms with Crippen molar-refractivity contribution < 1.29 is 10.2 Å². The molecule has 0 radical (unpaired) electrons. The van der Waals surface area contributed by atoms with Crippen molar-refractivity contribution in [2.24, 2.45) is 0 Å². The van der Waals surface area contributed by atoms with Crippen LogP contribution in [0, 0.1) is 13.8 Å². The second-order valence-corrected chi connectivity index (χ2v) is 17.7. The van der Waals surface area contributed by atoms with E-state index in [1.54, 1.807) is 0 Å². The number of rotatable bonds is 26. The molecule has 1 aromatic rings. The Morgan fingerprint density at radius 3 is 0.875 bits per heavy atom. The highest BCUT2D eigenvalue weighted by Gasteiger charge is 2.16. The molecule has 0 bridgehead atoms. The van der Waals surface area contributed by atoms with E-state index in [-0.39, 0.29) is 11.5 Å². The molecule has 0 aliphatic carbocycles. The van der Waals surface area contributed by atoms with Gasteiger partial charge in [0.05, 0.1) is 4.47 Å². The average molecular weight is 830 g/mol. The molecule has 0 spiro atoms. The predicted octanol–water partition coefficient (Wildman–Crippen LogP) is 17.8. The molecule has 0 heterocycles. The van der Waals surface area contributed by atoms with Crippen LogP contribution in [0.1, 0.15) is 189 Å². The summed E-state index contributed by atoms with van der Waals surface area (Å²) in [5, 5.41) is 21.0. The summed E-state index contributed by atoms with van der Waals surface area (Å²) in [7, 11) is 0. The lowest BCUT2D eigenvalue weighted by Gasteiger charge is -2.14. The standard InChI is InChI=1S/C53H81BrO2/c1-39(2)21-13-22-40(3)23-14-24-41(4)25-15-26-42(5)27-16-28-43(6)29-17-30-44(7)31-18-32-45(8)33-19-34-46(9)35-20-36-47(10)37-38-50-51(54)53(56)49(12)48(11)52(50)55/h21,23,25,27,29,31,33,35,37,55-56H,13-20,22,24,26,28,30,32,34,36,38H2,1-12H3/b40-23+,41-25+,42-27+,43-29+,44-31+,45-33+,46-35+,47-37+. The zero-order valence-electron chi connectivity index (χ0n) is 38.0. The van der Waals surface area contributed by atoms with Gasteiger partial charge in [-0.2, -0.15) is 0 Å². The zero-order valence-corrected chi connectivity index (χ0v) is 39.6. The Kier molecular flexibility index (Phi) is 26.6. The van der Waals surface area contributed by atoms with Gasteiger partial charge in [0.25, 0.3) is 0 Å². The minimum Gasteiger partial charge on any atom is -0.507 e. The minimum absolute atomic E-state index is 0.218. The second-order valence-electron chi connectivity index (χ2n) is 16.9. The molecule has 0 atom stereocenters. The molecule has 0 unspecified atom stereocenters. The van der Waals surface area contributed by atoms with Crippen LogP contribution < -0.4 is 0 Å². The normalized spacial score (nSPS) is 14.2. The van der Waals surface area contributed by atoms with Crippen molar-refractivity contribution in [2.45, 2.75) is 192 Å². The van der Waals surface area contributed by atoms with E-state index in [9.17, 15) is 10.2 Å². The van der Waals surface area contributed by atoms with Gasteiger partial charge >= 0.3 is 0 Å². The van der Waals surface area contributed by atoms with E-state index in [0.717, 1.165) is 94.6 Å². The van der Waals surface area contributed by atoms with Crippen LogP contribution in [0.25, 0.3) is 0 Å². The maximum Gasteiger partial charge on any atom is 0.133 e. The van der Waals surface area contributed by atoms with E-state index in [0.29, 0.717) is 16.5 Å². The smallest absolute Gasteiger partial charge is 0.133 e. The lowest BCUT2D eigenvalue weighted by molar-refractivity contribution is 0.445. The molecule has 0 aliphatic heterocycles. The molecule has 2 N–H and O–H groups in total. The van der Waals surface area contributed by atoms with Crippen molar-refractivity contribution in [3.05, 3.63) is 126 Å². The molecular formula is C53H81BrO2. The summed E-state index contributed by atoms with van der Waals surface area (Å²) in [5.41, 5.74) is 15.4. The van der Waals surface area contributed by atoms with Crippen molar-refractivity contribution in [3.63, 3.8) is 0 Å². The third-order valence-electron chi connectivity index (χ3n) is 11.0. The SMILES string of the molecule is CC(C)=CCC/C(C)=C/CC/C(C)=C/CC/C(C)=C/CC/C(C)=C/CC/C(C)=C/CC/C(C)=C/CC/C(C)=C/CC/C(C)=C/Cc1c(O)c(C)c(C)c(O)c1Br. The first-order valence-corrected chi connectivity index (χ1v) is 22.4.